The Bertz CT molecular complexity index is 924. The number of aromatic nitrogens is 5. The molecule has 4 aromatic rings. The van der Waals surface area contributed by atoms with Crippen LogP contribution in [0.3, 0.4) is 0 Å². The van der Waals surface area contributed by atoms with Crippen LogP contribution >= 0.6 is 0 Å². The molecule has 0 radical (unpaired) electrons. The number of H-pyrrole nitrogens is 1. The molecule has 4 aromatic heterocycles. The largest absolute Gasteiger partial charge is 0.363 e. The third kappa shape index (κ3) is 2.12. The van der Waals surface area contributed by atoms with Gasteiger partial charge in [-0.2, -0.15) is 0 Å². The van der Waals surface area contributed by atoms with E-state index in [4.69, 9.17) is 0 Å². The summed E-state index contributed by atoms with van der Waals surface area (Å²) in [7, 11) is 0. The number of anilines is 1. The van der Waals surface area contributed by atoms with Crippen molar-refractivity contribution in [2.45, 2.75) is 0 Å². The minimum atomic E-state index is -0.348. The number of aromatic amines is 1. The van der Waals surface area contributed by atoms with Gasteiger partial charge in [-0.1, -0.05) is 5.16 Å². The molecule has 2 N–H and O–H groups in total. The highest BCUT2D eigenvalue weighted by Crippen LogP contribution is 2.17. The Morgan fingerprint density at radius 3 is 3.00 bits per heavy atom. The van der Waals surface area contributed by atoms with E-state index in [9.17, 15) is 4.79 Å². The van der Waals surface area contributed by atoms with Crippen molar-refractivity contribution in [3.05, 3.63) is 55.1 Å². The number of nitrogens with zero attached hydrogens (tertiary/aromatic N) is 4. The number of fused-ring (bicyclic) bond motifs is 1. The van der Waals surface area contributed by atoms with E-state index in [1.54, 1.807) is 29.2 Å². The molecule has 0 fully saturated rings. The lowest BCUT2D eigenvalue weighted by Gasteiger charge is -1.97. The van der Waals surface area contributed by atoms with Gasteiger partial charge in [-0.05, 0) is 12.1 Å². The number of nitrogens with one attached hydrogen (secondary N) is 2. The fourth-order valence-electron chi connectivity index (χ4n) is 2.13. The standard InChI is InChI=1S/C14H10N6O2/c21-14(18-12-3-4-22-19-12)11-7-20-6-9(1-2-13(20)17-11)10-5-15-8-16-10/h1-8H,(H,15,16)(H,18,19,21). The average Bonchev–Trinajstić information content (AvgIpc) is 3.27. The van der Waals surface area contributed by atoms with Gasteiger partial charge in [0, 0.05) is 30.2 Å². The zero-order valence-corrected chi connectivity index (χ0v) is 11.2. The van der Waals surface area contributed by atoms with Crippen LogP contribution in [0.1, 0.15) is 10.5 Å². The van der Waals surface area contributed by atoms with Gasteiger partial charge in [-0.3, -0.25) is 4.79 Å². The minimum Gasteiger partial charge on any atom is -0.363 e. The number of amides is 1. The highest BCUT2D eigenvalue weighted by molar-refractivity contribution is 6.02. The molecule has 108 valence electrons. The van der Waals surface area contributed by atoms with Gasteiger partial charge in [-0.15, -0.1) is 0 Å². The maximum absolute atomic E-state index is 12.1. The lowest BCUT2D eigenvalue weighted by molar-refractivity contribution is 0.102. The molecule has 4 heterocycles. The van der Waals surface area contributed by atoms with Crippen LogP contribution in [-0.4, -0.2) is 30.4 Å². The second-order valence-corrected chi connectivity index (χ2v) is 4.60. The molecule has 0 saturated heterocycles. The number of rotatable bonds is 3. The molecule has 0 aliphatic rings. The molecule has 0 spiro atoms. The number of pyridine rings is 1. The van der Waals surface area contributed by atoms with E-state index >= 15 is 0 Å². The molecule has 22 heavy (non-hydrogen) atoms. The van der Waals surface area contributed by atoms with Gasteiger partial charge in [0.2, 0.25) is 0 Å². The molecule has 0 saturated carbocycles. The Balaban J connectivity index is 1.67. The fraction of sp³-hybridized carbons (Fsp3) is 0. The molecule has 0 aliphatic carbocycles. The van der Waals surface area contributed by atoms with Crippen LogP contribution in [0.15, 0.2) is 53.9 Å². The highest BCUT2D eigenvalue weighted by atomic mass is 16.5. The Kier molecular flexibility index (Phi) is 2.72. The summed E-state index contributed by atoms with van der Waals surface area (Å²) >= 11 is 0. The van der Waals surface area contributed by atoms with Crippen molar-refractivity contribution in [2.24, 2.45) is 0 Å². The third-order valence-corrected chi connectivity index (χ3v) is 3.16. The molecule has 8 heteroatoms. The lowest BCUT2D eigenvalue weighted by atomic mass is 10.2. The molecule has 0 aliphatic heterocycles. The number of imidazole rings is 2. The number of carbonyl (C=O) groups excluding carboxylic acids is 1. The van der Waals surface area contributed by atoms with E-state index < -0.39 is 0 Å². The van der Waals surface area contributed by atoms with Gasteiger partial charge in [0.1, 0.15) is 17.6 Å². The summed E-state index contributed by atoms with van der Waals surface area (Å²) in [6, 6.07) is 5.29. The summed E-state index contributed by atoms with van der Waals surface area (Å²) in [4.78, 5) is 23.5. The maximum atomic E-state index is 12.1. The zero-order valence-electron chi connectivity index (χ0n) is 11.2. The van der Waals surface area contributed by atoms with Crippen LogP contribution in [-0.2, 0) is 0 Å². The monoisotopic (exact) mass is 294 g/mol. The Hall–Kier alpha value is -3.42. The minimum absolute atomic E-state index is 0.294. The predicted octanol–water partition coefficient (Wildman–Crippen LogP) is 1.96. The fourth-order valence-corrected chi connectivity index (χ4v) is 2.13. The Morgan fingerprint density at radius 1 is 1.27 bits per heavy atom. The molecule has 0 aromatic carbocycles. The lowest BCUT2D eigenvalue weighted by Crippen LogP contribution is -2.12. The second kappa shape index (κ2) is 4.85. The molecule has 0 unspecified atom stereocenters. The summed E-state index contributed by atoms with van der Waals surface area (Å²) in [5, 5.41) is 6.23. The van der Waals surface area contributed by atoms with Crippen molar-refractivity contribution in [1.29, 1.82) is 0 Å². The predicted molar refractivity (Wildman–Crippen MR) is 77.2 cm³/mol. The van der Waals surface area contributed by atoms with E-state index in [1.807, 2.05) is 18.3 Å². The van der Waals surface area contributed by atoms with E-state index in [0.29, 0.717) is 17.2 Å². The first kappa shape index (κ1) is 12.3. The molecular formula is C14H10N6O2. The summed E-state index contributed by atoms with van der Waals surface area (Å²) in [6.45, 7) is 0. The van der Waals surface area contributed by atoms with Crippen molar-refractivity contribution >= 4 is 17.4 Å². The number of carbonyl (C=O) groups is 1. The van der Waals surface area contributed by atoms with Crippen LogP contribution in [0.4, 0.5) is 5.82 Å². The van der Waals surface area contributed by atoms with E-state index in [-0.39, 0.29) is 5.91 Å². The Morgan fingerprint density at radius 2 is 2.23 bits per heavy atom. The summed E-state index contributed by atoms with van der Waals surface area (Å²) in [6.07, 6.45) is 8.32. The van der Waals surface area contributed by atoms with E-state index in [1.165, 1.54) is 6.26 Å². The van der Waals surface area contributed by atoms with Crippen molar-refractivity contribution in [2.75, 3.05) is 5.32 Å². The first-order valence-electron chi connectivity index (χ1n) is 6.49. The maximum Gasteiger partial charge on any atom is 0.277 e. The van der Waals surface area contributed by atoms with Gasteiger partial charge in [0.15, 0.2) is 5.82 Å². The van der Waals surface area contributed by atoms with Crippen molar-refractivity contribution in [1.82, 2.24) is 24.5 Å². The molecule has 8 nitrogen and oxygen atoms in total. The Labute approximate surface area is 123 Å². The topological polar surface area (TPSA) is 101 Å². The first-order valence-corrected chi connectivity index (χ1v) is 6.49. The third-order valence-electron chi connectivity index (χ3n) is 3.16. The first-order chi connectivity index (χ1) is 10.8. The quantitative estimate of drug-likeness (QED) is 0.601. The van der Waals surface area contributed by atoms with Gasteiger partial charge >= 0.3 is 0 Å². The number of hydrogen-bond donors (Lipinski definition) is 2. The van der Waals surface area contributed by atoms with Crippen LogP contribution < -0.4 is 5.32 Å². The van der Waals surface area contributed by atoms with E-state index in [0.717, 1.165) is 11.3 Å². The van der Waals surface area contributed by atoms with Gasteiger partial charge in [0.05, 0.1) is 12.0 Å². The van der Waals surface area contributed by atoms with Crippen LogP contribution in [0.5, 0.6) is 0 Å². The normalized spacial score (nSPS) is 10.9. The molecule has 1 amide bonds. The molecule has 0 bridgehead atoms. The molecule has 4 rings (SSSR count). The van der Waals surface area contributed by atoms with E-state index in [2.05, 4.69) is 29.9 Å². The van der Waals surface area contributed by atoms with Crippen LogP contribution in [0.25, 0.3) is 16.9 Å². The van der Waals surface area contributed by atoms with Gasteiger partial charge < -0.3 is 19.2 Å². The molecule has 0 atom stereocenters. The SMILES string of the molecule is O=C(Nc1ccon1)c1cn2cc(-c3c[nH]cn3)ccc2n1. The summed E-state index contributed by atoms with van der Waals surface area (Å²) < 4.78 is 6.45. The average molecular weight is 294 g/mol. The summed E-state index contributed by atoms with van der Waals surface area (Å²) in [5.74, 6) is -0.00168. The second-order valence-electron chi connectivity index (χ2n) is 4.60. The van der Waals surface area contributed by atoms with Crippen LogP contribution in [0, 0.1) is 0 Å². The van der Waals surface area contributed by atoms with Crippen molar-refractivity contribution in [3.8, 4) is 11.3 Å². The molecular weight excluding hydrogens is 284 g/mol. The highest BCUT2D eigenvalue weighted by Gasteiger charge is 2.13. The summed E-state index contributed by atoms with van der Waals surface area (Å²) in [5.41, 5.74) is 2.71. The van der Waals surface area contributed by atoms with Gasteiger partial charge in [-0.25, -0.2) is 9.97 Å². The van der Waals surface area contributed by atoms with Crippen LogP contribution in [0.2, 0.25) is 0 Å². The number of hydrogen-bond acceptors (Lipinski definition) is 5. The van der Waals surface area contributed by atoms with Crippen molar-refractivity contribution < 1.29 is 9.32 Å². The van der Waals surface area contributed by atoms with Gasteiger partial charge in [0.25, 0.3) is 5.91 Å². The smallest absolute Gasteiger partial charge is 0.277 e. The van der Waals surface area contributed by atoms with Crippen molar-refractivity contribution in [3.63, 3.8) is 0 Å². The zero-order chi connectivity index (χ0) is 14.9.